The maximum Gasteiger partial charge on any atom is 0.305 e. The molecule has 0 aromatic carbocycles. The van der Waals surface area contributed by atoms with Gasteiger partial charge in [-0.2, -0.15) is 12.7 Å². The number of hydrogen-bond acceptors (Lipinski definition) is 7. The lowest BCUT2D eigenvalue weighted by Crippen LogP contribution is -2.51. The summed E-state index contributed by atoms with van der Waals surface area (Å²) in [5.74, 6) is -0.295. The average molecular weight is 324 g/mol. The number of carbonyl (C=O) groups is 1. The Balaban J connectivity index is 2.04. The third-order valence-electron chi connectivity index (χ3n) is 2.49. The van der Waals surface area contributed by atoms with Gasteiger partial charge in [0.2, 0.25) is 0 Å². The highest BCUT2D eigenvalue weighted by molar-refractivity contribution is 7.87. The van der Waals surface area contributed by atoms with Crippen molar-refractivity contribution in [1.82, 2.24) is 29.2 Å². The first-order valence-electron chi connectivity index (χ1n) is 6.11. The molecule has 0 bridgehead atoms. The fraction of sp³-hybridized carbons (Fsp3) is 0.273. The van der Waals surface area contributed by atoms with Crippen LogP contribution < -0.4 is 9.52 Å². The van der Waals surface area contributed by atoms with E-state index < -0.39 is 16.1 Å². The standard InChI is InChI=1S/C11H13N7O3S/c1-17(2)22(20,21)16-10(19)8-18-14-6-9(7-15-18)11-12-4-3-5-13-11/h3-7H,8H2,1-2H3/p+1. The molecular weight excluding hydrogens is 310 g/mol. The van der Waals surface area contributed by atoms with Crippen LogP contribution in [0.5, 0.6) is 0 Å². The Morgan fingerprint density at radius 1 is 1.23 bits per heavy atom. The van der Waals surface area contributed by atoms with Crippen molar-refractivity contribution in [3.05, 3.63) is 30.9 Å². The highest BCUT2D eigenvalue weighted by Crippen LogP contribution is 2.07. The number of nitrogens with zero attached hydrogens (tertiary/aromatic N) is 6. The number of rotatable bonds is 5. The molecule has 10 nitrogen and oxygen atoms in total. The Bertz CT molecular complexity index is 747. The van der Waals surface area contributed by atoms with Crippen molar-refractivity contribution < 1.29 is 18.0 Å². The molecule has 0 spiro atoms. The molecule has 116 valence electrons. The first-order valence-corrected chi connectivity index (χ1v) is 7.55. The summed E-state index contributed by atoms with van der Waals surface area (Å²) in [6.45, 7) is -0.330. The molecule has 0 fully saturated rings. The third kappa shape index (κ3) is 3.99. The zero-order valence-corrected chi connectivity index (χ0v) is 12.7. The van der Waals surface area contributed by atoms with E-state index in [9.17, 15) is 13.2 Å². The van der Waals surface area contributed by atoms with Crippen molar-refractivity contribution in [1.29, 1.82) is 0 Å². The maximum atomic E-state index is 11.6. The number of carbonyl (C=O) groups excluding carboxylic acids is 1. The smallest absolute Gasteiger partial charge is 0.266 e. The number of nitrogens with one attached hydrogen (secondary N) is 1. The summed E-state index contributed by atoms with van der Waals surface area (Å²) < 4.78 is 25.8. The van der Waals surface area contributed by atoms with Gasteiger partial charge in [0.05, 0.1) is 5.56 Å². The molecule has 0 radical (unpaired) electrons. The molecule has 0 aliphatic carbocycles. The van der Waals surface area contributed by atoms with Crippen molar-refractivity contribution in [3.63, 3.8) is 0 Å². The van der Waals surface area contributed by atoms with Gasteiger partial charge in [-0.05, 0) is 6.07 Å². The summed E-state index contributed by atoms with van der Waals surface area (Å²) in [5.41, 5.74) is 0.582. The second kappa shape index (κ2) is 6.49. The largest absolute Gasteiger partial charge is 0.305 e. The molecule has 2 aromatic rings. The summed E-state index contributed by atoms with van der Waals surface area (Å²) in [6.07, 6.45) is 6.05. The Kier molecular flexibility index (Phi) is 4.68. The van der Waals surface area contributed by atoms with Crippen LogP contribution >= 0.6 is 0 Å². The summed E-state index contributed by atoms with van der Waals surface area (Å²) in [4.78, 5) is 20.8. The van der Waals surface area contributed by atoms with Crippen LogP contribution in [0, 0.1) is 0 Å². The van der Waals surface area contributed by atoms with Gasteiger partial charge in [-0.1, -0.05) is 0 Å². The van der Waals surface area contributed by atoms with Gasteiger partial charge in [0, 0.05) is 41.5 Å². The van der Waals surface area contributed by atoms with Gasteiger partial charge >= 0.3 is 16.1 Å². The van der Waals surface area contributed by atoms with E-state index >= 15 is 0 Å². The van der Waals surface area contributed by atoms with Crippen LogP contribution in [0.15, 0.2) is 30.9 Å². The minimum atomic E-state index is -3.82. The molecule has 0 atom stereocenters. The summed E-state index contributed by atoms with van der Waals surface area (Å²) >= 11 is 0. The molecule has 11 heteroatoms. The van der Waals surface area contributed by atoms with Crippen molar-refractivity contribution in [3.8, 4) is 11.4 Å². The topological polar surface area (TPSA) is 122 Å². The van der Waals surface area contributed by atoms with Crippen molar-refractivity contribution >= 4 is 16.1 Å². The Morgan fingerprint density at radius 3 is 2.36 bits per heavy atom. The first kappa shape index (κ1) is 15.9. The Labute approximate surface area is 127 Å². The predicted molar refractivity (Wildman–Crippen MR) is 74.0 cm³/mol. The van der Waals surface area contributed by atoms with Gasteiger partial charge in [-0.3, -0.25) is 4.79 Å². The lowest BCUT2D eigenvalue weighted by Gasteiger charge is -2.10. The zero-order chi connectivity index (χ0) is 16.2. The van der Waals surface area contributed by atoms with Gasteiger partial charge in [-0.15, -0.1) is 0 Å². The Hall–Kier alpha value is -2.53. The quantitative estimate of drug-likeness (QED) is 0.640. The monoisotopic (exact) mass is 324 g/mol. The number of hydrogen-bond donors (Lipinski definition) is 1. The molecular formula is C11H14N7O3S+. The maximum absolute atomic E-state index is 11.6. The molecule has 22 heavy (non-hydrogen) atoms. The first-order chi connectivity index (χ1) is 10.4. The lowest BCUT2D eigenvalue weighted by molar-refractivity contribution is -0.796. The average Bonchev–Trinajstić information content (AvgIpc) is 2.48. The highest BCUT2D eigenvalue weighted by atomic mass is 32.2. The summed E-state index contributed by atoms with van der Waals surface area (Å²) in [5, 5.41) is 7.85. The zero-order valence-electron chi connectivity index (χ0n) is 11.9. The van der Waals surface area contributed by atoms with Crippen molar-refractivity contribution in [2.45, 2.75) is 6.54 Å². The van der Waals surface area contributed by atoms with Gasteiger partial charge in [0.15, 0.2) is 5.82 Å². The molecule has 0 unspecified atom stereocenters. The Morgan fingerprint density at radius 2 is 1.82 bits per heavy atom. The lowest BCUT2D eigenvalue weighted by atomic mass is 10.3. The summed E-state index contributed by atoms with van der Waals surface area (Å²) in [7, 11) is -1.20. The molecule has 2 heterocycles. The van der Waals surface area contributed by atoms with Gasteiger partial charge in [0.25, 0.3) is 6.54 Å². The number of aromatic nitrogens is 5. The fourth-order valence-corrected chi connectivity index (χ4v) is 1.90. The van der Waals surface area contributed by atoms with E-state index in [-0.39, 0.29) is 6.54 Å². The fourth-order valence-electron chi connectivity index (χ4n) is 1.36. The van der Waals surface area contributed by atoms with Crippen LogP contribution in [0.4, 0.5) is 0 Å². The minimum absolute atomic E-state index is 0.330. The molecule has 0 saturated carbocycles. The van der Waals surface area contributed by atoms with E-state index in [0.29, 0.717) is 11.4 Å². The molecule has 2 rings (SSSR count). The van der Waals surface area contributed by atoms with Crippen LogP contribution in [0.2, 0.25) is 0 Å². The van der Waals surface area contributed by atoms with Gasteiger partial charge < -0.3 is 0 Å². The van der Waals surface area contributed by atoms with E-state index in [1.165, 1.54) is 26.5 Å². The van der Waals surface area contributed by atoms with E-state index in [1.807, 2.05) is 4.72 Å². The normalized spacial score (nSPS) is 11.4. The predicted octanol–water partition coefficient (Wildman–Crippen LogP) is -1.86. The molecule has 0 aliphatic rings. The van der Waals surface area contributed by atoms with Crippen LogP contribution in [0.3, 0.4) is 0 Å². The van der Waals surface area contributed by atoms with E-state index in [2.05, 4.69) is 20.2 Å². The van der Waals surface area contributed by atoms with Crippen LogP contribution in [0.25, 0.3) is 11.4 Å². The third-order valence-corrected chi connectivity index (χ3v) is 3.94. The van der Waals surface area contributed by atoms with Crippen LogP contribution in [0.1, 0.15) is 0 Å². The molecule has 0 saturated heterocycles. The van der Waals surface area contributed by atoms with Gasteiger partial charge in [-0.25, -0.2) is 14.7 Å². The second-order valence-electron chi connectivity index (χ2n) is 4.36. The highest BCUT2D eigenvalue weighted by Gasteiger charge is 2.21. The van der Waals surface area contributed by atoms with Crippen LogP contribution in [-0.2, 0) is 21.5 Å². The number of amides is 1. The molecule has 2 aromatic heterocycles. The van der Waals surface area contributed by atoms with Gasteiger partial charge in [0.1, 0.15) is 12.4 Å². The van der Waals surface area contributed by atoms with Crippen LogP contribution in [-0.4, -0.2) is 52.9 Å². The van der Waals surface area contributed by atoms with E-state index in [4.69, 9.17) is 0 Å². The minimum Gasteiger partial charge on any atom is -0.266 e. The molecule has 1 amide bonds. The van der Waals surface area contributed by atoms with E-state index in [0.717, 1.165) is 9.10 Å². The molecule has 0 aliphatic heterocycles. The van der Waals surface area contributed by atoms with Crippen molar-refractivity contribution in [2.24, 2.45) is 0 Å². The van der Waals surface area contributed by atoms with E-state index in [1.54, 1.807) is 18.5 Å². The summed E-state index contributed by atoms with van der Waals surface area (Å²) in [6, 6.07) is 1.68. The molecule has 1 N–H and O–H groups in total. The SMILES string of the molecule is CN(C)S(=O)(=O)NC(=O)C[n+]1ncc(-c2ncccn2)cn1. The van der Waals surface area contributed by atoms with Crippen molar-refractivity contribution in [2.75, 3.05) is 14.1 Å². The second-order valence-corrected chi connectivity index (χ2v) is 6.24.